The monoisotopic (exact) mass is 254 g/mol. The quantitative estimate of drug-likeness (QED) is 0.834. The van der Waals surface area contributed by atoms with Gasteiger partial charge in [-0.3, -0.25) is 0 Å². The Bertz CT molecular complexity index is 410. The van der Waals surface area contributed by atoms with Crippen LogP contribution in [0.2, 0.25) is 0 Å². The fourth-order valence-electron chi connectivity index (χ4n) is 2.52. The van der Waals surface area contributed by atoms with Crippen LogP contribution in [0.3, 0.4) is 0 Å². The molecule has 18 heavy (non-hydrogen) atoms. The maximum atomic E-state index is 10.3. The summed E-state index contributed by atoms with van der Waals surface area (Å²) in [6.07, 6.45) is 5.55. The molecule has 0 spiro atoms. The summed E-state index contributed by atoms with van der Waals surface area (Å²) in [6.45, 7) is 1.84. The Hall–Kier alpha value is -1.43. The summed E-state index contributed by atoms with van der Waals surface area (Å²) in [4.78, 5) is 10.3. The number of carboxylic acids is 1. The van der Waals surface area contributed by atoms with Gasteiger partial charge in [0.15, 0.2) is 0 Å². The summed E-state index contributed by atoms with van der Waals surface area (Å²) in [5, 5.41) is 16.5. The van der Waals surface area contributed by atoms with Crippen molar-refractivity contribution in [2.24, 2.45) is 0 Å². The van der Waals surface area contributed by atoms with Gasteiger partial charge >= 0.3 is 5.97 Å². The highest BCUT2D eigenvalue weighted by Gasteiger charge is 2.38. The third-order valence-electron chi connectivity index (χ3n) is 3.61. The van der Waals surface area contributed by atoms with Crippen LogP contribution in [0, 0.1) is 0 Å². The molecule has 0 amide bonds. The van der Waals surface area contributed by atoms with Crippen LogP contribution in [0.1, 0.15) is 50.8 Å². The molecule has 0 aromatic carbocycles. The first-order chi connectivity index (χ1) is 8.66. The largest absolute Gasteiger partial charge is 0.480 e. The van der Waals surface area contributed by atoms with Crippen molar-refractivity contribution in [2.75, 3.05) is 6.61 Å². The lowest BCUT2D eigenvalue weighted by Gasteiger charge is -2.22. The molecule has 2 rings (SSSR count). The van der Waals surface area contributed by atoms with Gasteiger partial charge in [-0.15, -0.1) is 10.2 Å². The summed E-state index contributed by atoms with van der Waals surface area (Å²) >= 11 is 0. The van der Waals surface area contributed by atoms with Crippen molar-refractivity contribution in [3.05, 3.63) is 11.8 Å². The van der Waals surface area contributed by atoms with Crippen LogP contribution in [-0.4, -0.2) is 27.9 Å². The molecular formula is C12H18N2O4. The second-order valence-corrected chi connectivity index (χ2v) is 4.73. The lowest BCUT2D eigenvalue weighted by atomic mass is 9.83. The number of rotatable bonds is 6. The van der Waals surface area contributed by atoms with E-state index in [1.54, 1.807) is 0 Å². The Morgan fingerprint density at radius 2 is 2.17 bits per heavy atom. The molecule has 1 saturated carbocycles. The number of hydrogen-bond donors (Lipinski definition) is 1. The zero-order chi connectivity index (χ0) is 13.0. The number of nitrogens with zero attached hydrogens (tertiary/aromatic N) is 2. The number of carbonyl (C=O) groups is 1. The van der Waals surface area contributed by atoms with E-state index in [0.29, 0.717) is 11.8 Å². The van der Waals surface area contributed by atoms with E-state index in [4.69, 9.17) is 14.3 Å². The zero-order valence-electron chi connectivity index (χ0n) is 10.5. The van der Waals surface area contributed by atoms with E-state index in [-0.39, 0.29) is 18.6 Å². The molecule has 1 aromatic rings. The summed E-state index contributed by atoms with van der Waals surface area (Å²) in [5.41, 5.74) is 0.0258. The average molecular weight is 254 g/mol. The maximum absolute atomic E-state index is 10.3. The lowest BCUT2D eigenvalue weighted by molar-refractivity contribution is -0.142. The van der Waals surface area contributed by atoms with Crippen LogP contribution in [0.4, 0.5) is 0 Å². The predicted octanol–water partition coefficient (Wildman–Crippen LogP) is 1.89. The minimum atomic E-state index is -1.00. The first kappa shape index (κ1) is 13.0. The third kappa shape index (κ3) is 2.69. The number of ether oxygens (including phenoxy) is 1. The molecule has 1 N–H and O–H groups in total. The van der Waals surface area contributed by atoms with Gasteiger partial charge in [-0.25, -0.2) is 4.79 Å². The molecule has 0 unspecified atom stereocenters. The second-order valence-electron chi connectivity index (χ2n) is 4.73. The van der Waals surface area contributed by atoms with E-state index in [1.807, 2.05) is 0 Å². The minimum absolute atomic E-state index is 0.0258. The van der Waals surface area contributed by atoms with E-state index >= 15 is 0 Å². The van der Waals surface area contributed by atoms with Crippen molar-refractivity contribution in [3.63, 3.8) is 0 Å². The molecule has 1 aliphatic carbocycles. The molecule has 1 aromatic heterocycles. The maximum Gasteiger partial charge on any atom is 0.329 e. The molecule has 6 heteroatoms. The normalized spacial score (nSPS) is 18.1. The summed E-state index contributed by atoms with van der Waals surface area (Å²) in [6, 6.07) is 0. The number of hydrogen-bond acceptors (Lipinski definition) is 5. The van der Waals surface area contributed by atoms with Gasteiger partial charge in [-0.05, 0) is 19.3 Å². The topological polar surface area (TPSA) is 85.5 Å². The summed E-state index contributed by atoms with van der Waals surface area (Å²) in [7, 11) is 0. The smallest absolute Gasteiger partial charge is 0.329 e. The molecule has 0 aliphatic heterocycles. The standard InChI is InChI=1S/C12H18N2O4/c1-2-12(5-3-4-6-12)11-14-13-9(18-11)7-17-8-10(15)16/h2-8H2,1H3,(H,15,16). The Balaban J connectivity index is 1.98. The van der Waals surface area contributed by atoms with E-state index in [9.17, 15) is 4.79 Å². The number of carboxylic acid groups (broad SMARTS) is 1. The Labute approximate surface area is 105 Å². The van der Waals surface area contributed by atoms with Crippen molar-refractivity contribution in [2.45, 2.75) is 51.0 Å². The molecule has 0 bridgehead atoms. The van der Waals surface area contributed by atoms with Crippen LogP contribution >= 0.6 is 0 Å². The molecule has 1 heterocycles. The van der Waals surface area contributed by atoms with Crippen molar-refractivity contribution in [1.82, 2.24) is 10.2 Å². The van der Waals surface area contributed by atoms with Crippen molar-refractivity contribution in [1.29, 1.82) is 0 Å². The number of aromatic nitrogens is 2. The summed E-state index contributed by atoms with van der Waals surface area (Å²) in [5.74, 6) is 0.0259. The van der Waals surface area contributed by atoms with E-state index in [2.05, 4.69) is 17.1 Å². The first-order valence-electron chi connectivity index (χ1n) is 6.29. The fraction of sp³-hybridized carbons (Fsp3) is 0.750. The van der Waals surface area contributed by atoms with E-state index in [1.165, 1.54) is 12.8 Å². The van der Waals surface area contributed by atoms with Gasteiger partial charge < -0.3 is 14.3 Å². The predicted molar refractivity (Wildman–Crippen MR) is 62.0 cm³/mol. The Kier molecular flexibility index (Phi) is 3.96. The highest BCUT2D eigenvalue weighted by Crippen LogP contribution is 2.42. The molecule has 1 aliphatic rings. The van der Waals surface area contributed by atoms with Gasteiger partial charge in [-0.1, -0.05) is 19.8 Å². The molecule has 6 nitrogen and oxygen atoms in total. The molecule has 0 saturated heterocycles. The zero-order valence-corrected chi connectivity index (χ0v) is 10.5. The summed E-state index contributed by atoms with van der Waals surface area (Å²) < 4.78 is 10.5. The fourth-order valence-corrected chi connectivity index (χ4v) is 2.52. The van der Waals surface area contributed by atoms with Crippen molar-refractivity contribution >= 4 is 5.97 Å². The first-order valence-corrected chi connectivity index (χ1v) is 6.29. The van der Waals surface area contributed by atoms with E-state index in [0.717, 1.165) is 19.3 Å². The van der Waals surface area contributed by atoms with Gasteiger partial charge in [0.25, 0.3) is 0 Å². The SMILES string of the molecule is CCC1(c2nnc(COCC(=O)O)o2)CCCC1. The van der Waals surface area contributed by atoms with Crippen molar-refractivity contribution < 1.29 is 19.1 Å². The Morgan fingerprint density at radius 3 is 2.78 bits per heavy atom. The van der Waals surface area contributed by atoms with Gasteiger partial charge in [0, 0.05) is 5.41 Å². The molecule has 100 valence electrons. The second kappa shape index (κ2) is 5.48. The number of aliphatic carboxylic acids is 1. The van der Waals surface area contributed by atoms with Crippen molar-refractivity contribution in [3.8, 4) is 0 Å². The van der Waals surface area contributed by atoms with Gasteiger partial charge in [0.1, 0.15) is 13.2 Å². The van der Waals surface area contributed by atoms with Gasteiger partial charge in [0.2, 0.25) is 11.8 Å². The average Bonchev–Trinajstić information content (AvgIpc) is 2.97. The van der Waals surface area contributed by atoms with Crippen LogP contribution in [0.15, 0.2) is 4.42 Å². The highest BCUT2D eigenvalue weighted by molar-refractivity contribution is 5.67. The van der Waals surface area contributed by atoms with E-state index < -0.39 is 5.97 Å². The Morgan fingerprint density at radius 1 is 1.44 bits per heavy atom. The highest BCUT2D eigenvalue weighted by atomic mass is 16.5. The van der Waals surface area contributed by atoms with Crippen LogP contribution in [0.25, 0.3) is 0 Å². The van der Waals surface area contributed by atoms with Crippen LogP contribution in [0.5, 0.6) is 0 Å². The molecule has 0 radical (unpaired) electrons. The molecule has 1 fully saturated rings. The lowest BCUT2D eigenvalue weighted by Crippen LogP contribution is -2.21. The van der Waals surface area contributed by atoms with Crippen LogP contribution in [-0.2, 0) is 21.6 Å². The minimum Gasteiger partial charge on any atom is -0.480 e. The molecular weight excluding hydrogens is 236 g/mol. The molecule has 0 atom stereocenters. The van der Waals surface area contributed by atoms with Gasteiger partial charge in [-0.2, -0.15) is 0 Å². The van der Waals surface area contributed by atoms with Gasteiger partial charge in [0.05, 0.1) is 0 Å². The third-order valence-corrected chi connectivity index (χ3v) is 3.61. The van der Waals surface area contributed by atoms with Crippen LogP contribution < -0.4 is 0 Å².